The molecule has 4 heterocycles. The number of rotatable bonds is 15. The molecule has 2 aromatic heterocycles. The minimum absolute atomic E-state index is 0.00209. The Morgan fingerprint density at radius 2 is 1.85 bits per heavy atom. The maximum Gasteiger partial charge on any atom is 0.476 e. The van der Waals surface area contributed by atoms with Gasteiger partial charge < -0.3 is 29.2 Å². The molecule has 48 heavy (non-hydrogen) atoms. The molecule has 0 spiro atoms. The fraction of sp³-hybridized carbons (Fsp3) is 0.484. The van der Waals surface area contributed by atoms with Crippen LogP contribution in [-0.2, 0) is 29.5 Å². The number of phosphoric ester groups is 1. The zero-order valence-electron chi connectivity index (χ0n) is 27.3. The molecule has 0 unspecified atom stereocenters. The predicted octanol–water partition coefficient (Wildman–Crippen LogP) is 4.14. The number of nitrogens with one attached hydrogen (secondary N) is 1. The standard InChI is InChI=1S/C31H40FN6O9P/c1-5-35-12-14-36(15-13-35)27-11-10-24-22(33-27)16-26(47-24)23(18-37-17-21-8-9-25(43-4)29(32)28(21)30(37)40)34-31(41)38(19-39)20-46-48(42,44-6-2)45-7-3/h8-11,16,19,23H,5-7,12-15,17-18,20H2,1-4H3,(H,34,41)/t23-/m0/s1. The average Bonchev–Trinajstić information content (AvgIpc) is 3.65. The summed E-state index contributed by atoms with van der Waals surface area (Å²) < 4.78 is 54.4. The molecule has 1 saturated heterocycles. The molecule has 1 N–H and O–H groups in total. The minimum Gasteiger partial charge on any atom is -0.494 e. The highest BCUT2D eigenvalue weighted by Gasteiger charge is 2.36. The fourth-order valence-electron chi connectivity index (χ4n) is 5.63. The summed E-state index contributed by atoms with van der Waals surface area (Å²) in [6.45, 7) is 8.90. The van der Waals surface area contributed by atoms with Gasteiger partial charge in [0.2, 0.25) is 6.41 Å². The number of urea groups is 1. The van der Waals surface area contributed by atoms with Gasteiger partial charge in [0.05, 0.1) is 25.9 Å². The first-order chi connectivity index (χ1) is 23.1. The van der Waals surface area contributed by atoms with Gasteiger partial charge in [-0.2, -0.15) is 0 Å². The lowest BCUT2D eigenvalue weighted by Gasteiger charge is -2.34. The fourth-order valence-corrected chi connectivity index (χ4v) is 6.75. The van der Waals surface area contributed by atoms with Crippen LogP contribution in [0.15, 0.2) is 34.7 Å². The van der Waals surface area contributed by atoms with Gasteiger partial charge in [0, 0.05) is 45.3 Å². The topological polar surface area (TPSA) is 156 Å². The SMILES string of the molecule is CCOP(=O)(OCC)OCN(C=O)C(=O)N[C@@H](CN1Cc2ccc(OC)c(F)c2C1=O)c1cc2nc(N3CCN(CC)CC3)ccc2o1. The number of phosphoric acid groups is 1. The lowest BCUT2D eigenvalue weighted by molar-refractivity contribution is -0.118. The molecule has 2 aliphatic heterocycles. The number of halogens is 1. The highest BCUT2D eigenvalue weighted by Crippen LogP contribution is 2.49. The second-order valence-corrected chi connectivity index (χ2v) is 12.7. The van der Waals surface area contributed by atoms with Crippen LogP contribution < -0.4 is 15.0 Å². The van der Waals surface area contributed by atoms with Gasteiger partial charge in [-0.05, 0) is 44.2 Å². The largest absolute Gasteiger partial charge is 0.494 e. The number of methoxy groups -OCH3 is 1. The molecule has 260 valence electrons. The number of piperazine rings is 1. The van der Waals surface area contributed by atoms with Crippen molar-refractivity contribution in [3.05, 3.63) is 53.0 Å². The third-order valence-electron chi connectivity index (χ3n) is 8.16. The molecular weight excluding hydrogens is 650 g/mol. The summed E-state index contributed by atoms with van der Waals surface area (Å²) in [7, 11) is -2.74. The van der Waals surface area contributed by atoms with E-state index in [2.05, 4.69) is 22.0 Å². The summed E-state index contributed by atoms with van der Waals surface area (Å²) in [4.78, 5) is 50.1. The number of fused-ring (bicyclic) bond motifs is 2. The van der Waals surface area contributed by atoms with Crippen molar-refractivity contribution in [2.45, 2.75) is 33.4 Å². The van der Waals surface area contributed by atoms with Gasteiger partial charge in [-0.3, -0.25) is 23.2 Å². The summed E-state index contributed by atoms with van der Waals surface area (Å²) in [5.41, 5.74) is 1.30. The Hall–Kier alpha value is -4.08. The van der Waals surface area contributed by atoms with E-state index >= 15 is 4.39 Å². The second-order valence-electron chi connectivity index (χ2n) is 11.0. The van der Waals surface area contributed by atoms with E-state index in [1.54, 1.807) is 32.0 Å². The molecule has 4 amide bonds. The lowest BCUT2D eigenvalue weighted by atomic mass is 10.1. The minimum atomic E-state index is -4.05. The number of anilines is 1. The number of carbonyl (C=O) groups excluding carboxylic acids is 3. The van der Waals surface area contributed by atoms with Gasteiger partial charge in [-0.25, -0.2) is 23.6 Å². The van der Waals surface area contributed by atoms with Crippen LogP contribution in [-0.4, -0.2) is 104 Å². The monoisotopic (exact) mass is 690 g/mol. The van der Waals surface area contributed by atoms with Crippen LogP contribution >= 0.6 is 7.82 Å². The Morgan fingerprint density at radius 3 is 2.50 bits per heavy atom. The molecule has 3 aromatic rings. The molecule has 1 fully saturated rings. The van der Waals surface area contributed by atoms with E-state index in [1.807, 2.05) is 6.07 Å². The first kappa shape index (κ1) is 35.2. The Morgan fingerprint density at radius 1 is 1.12 bits per heavy atom. The maximum absolute atomic E-state index is 15.1. The number of imide groups is 1. The molecule has 0 bridgehead atoms. The maximum atomic E-state index is 15.1. The molecule has 0 aliphatic carbocycles. The molecule has 15 nitrogen and oxygen atoms in total. The molecule has 1 atom stereocenters. The van der Waals surface area contributed by atoms with Gasteiger partial charge in [0.15, 0.2) is 17.1 Å². The quantitative estimate of drug-likeness (QED) is 0.138. The zero-order valence-corrected chi connectivity index (χ0v) is 28.2. The van der Waals surface area contributed by atoms with Gasteiger partial charge in [-0.15, -0.1) is 0 Å². The summed E-state index contributed by atoms with van der Waals surface area (Å²) in [6.07, 6.45) is 0.192. The number of likely N-dealkylation sites (N-methyl/N-ethyl adjacent to an activating group) is 1. The Labute approximate surface area is 277 Å². The first-order valence-corrected chi connectivity index (χ1v) is 17.2. The van der Waals surface area contributed by atoms with Crippen molar-refractivity contribution in [3.63, 3.8) is 0 Å². The summed E-state index contributed by atoms with van der Waals surface area (Å²) in [6, 6.07) is 6.38. The number of hydrogen-bond acceptors (Lipinski definition) is 12. The van der Waals surface area contributed by atoms with Crippen molar-refractivity contribution in [1.29, 1.82) is 0 Å². The van der Waals surface area contributed by atoms with Crippen LogP contribution in [0.5, 0.6) is 5.75 Å². The van der Waals surface area contributed by atoms with E-state index in [0.29, 0.717) is 21.6 Å². The van der Waals surface area contributed by atoms with E-state index in [-0.39, 0.29) is 49.8 Å². The first-order valence-electron chi connectivity index (χ1n) is 15.7. The summed E-state index contributed by atoms with van der Waals surface area (Å²) in [5, 5.41) is 2.70. The third kappa shape index (κ3) is 7.63. The number of nitrogens with zero attached hydrogens (tertiary/aromatic N) is 5. The van der Waals surface area contributed by atoms with E-state index < -0.39 is 38.4 Å². The Balaban J connectivity index is 1.40. The van der Waals surface area contributed by atoms with Crippen molar-refractivity contribution < 1.29 is 46.1 Å². The van der Waals surface area contributed by atoms with Gasteiger partial charge >= 0.3 is 13.9 Å². The Bertz CT molecular complexity index is 1670. The van der Waals surface area contributed by atoms with Crippen LogP contribution in [0.3, 0.4) is 0 Å². The molecule has 5 rings (SSSR count). The normalized spacial score (nSPS) is 15.9. The number of ether oxygens (including phenoxy) is 1. The van der Waals surface area contributed by atoms with Crippen LogP contribution in [0, 0.1) is 5.82 Å². The van der Waals surface area contributed by atoms with Gasteiger partial charge in [-0.1, -0.05) is 13.0 Å². The van der Waals surface area contributed by atoms with Crippen molar-refractivity contribution in [1.82, 2.24) is 25.0 Å². The summed E-state index contributed by atoms with van der Waals surface area (Å²) in [5.74, 6) is -0.434. The van der Waals surface area contributed by atoms with E-state index in [4.69, 9.17) is 27.7 Å². The number of carbonyl (C=O) groups is 3. The number of hydrogen-bond donors (Lipinski definition) is 1. The van der Waals surface area contributed by atoms with Gasteiger partial charge in [0.1, 0.15) is 29.9 Å². The molecule has 1 aromatic carbocycles. The smallest absolute Gasteiger partial charge is 0.476 e. The van der Waals surface area contributed by atoms with Crippen LogP contribution in [0.4, 0.5) is 15.0 Å². The van der Waals surface area contributed by atoms with Crippen molar-refractivity contribution in [2.24, 2.45) is 0 Å². The summed E-state index contributed by atoms with van der Waals surface area (Å²) >= 11 is 0. The number of furan rings is 1. The number of aromatic nitrogens is 1. The highest BCUT2D eigenvalue weighted by atomic mass is 31.2. The van der Waals surface area contributed by atoms with Crippen molar-refractivity contribution >= 4 is 43.1 Å². The molecule has 0 radical (unpaired) electrons. The van der Waals surface area contributed by atoms with E-state index in [1.165, 1.54) is 18.1 Å². The van der Waals surface area contributed by atoms with Gasteiger partial charge in [0.25, 0.3) is 5.91 Å². The number of pyridine rings is 1. The molecule has 2 aliphatic rings. The number of amides is 4. The third-order valence-corrected chi connectivity index (χ3v) is 9.74. The van der Waals surface area contributed by atoms with Crippen LogP contribution in [0.25, 0.3) is 11.1 Å². The van der Waals surface area contributed by atoms with Crippen molar-refractivity contribution in [3.8, 4) is 5.75 Å². The molecule has 17 heteroatoms. The van der Waals surface area contributed by atoms with Crippen molar-refractivity contribution in [2.75, 3.05) is 71.2 Å². The molecule has 0 saturated carbocycles. The van der Waals surface area contributed by atoms with E-state index in [9.17, 15) is 18.9 Å². The Kier molecular flexibility index (Phi) is 11.3. The molecular formula is C31H40FN6O9P. The lowest BCUT2D eigenvalue weighted by Crippen LogP contribution is -2.46. The highest BCUT2D eigenvalue weighted by molar-refractivity contribution is 7.48. The second kappa shape index (κ2) is 15.4. The average molecular weight is 691 g/mol. The number of benzene rings is 1. The van der Waals surface area contributed by atoms with Crippen LogP contribution in [0.2, 0.25) is 0 Å². The van der Waals surface area contributed by atoms with E-state index in [0.717, 1.165) is 38.5 Å². The van der Waals surface area contributed by atoms with Crippen LogP contribution in [0.1, 0.15) is 48.5 Å². The zero-order chi connectivity index (χ0) is 34.4. The predicted molar refractivity (Wildman–Crippen MR) is 172 cm³/mol.